The number of anilines is 4. The summed E-state index contributed by atoms with van der Waals surface area (Å²) in [6.45, 7) is 10.3. The first-order chi connectivity index (χ1) is 27.4. The van der Waals surface area contributed by atoms with Crippen molar-refractivity contribution >= 4 is 68.8 Å². The third-order valence-corrected chi connectivity index (χ3v) is 9.83. The van der Waals surface area contributed by atoms with Crippen LogP contribution in [0, 0.1) is 25.7 Å². The summed E-state index contributed by atoms with van der Waals surface area (Å²) in [5, 5.41) is 51.9. The molecule has 0 aromatic heterocycles. The number of ketones is 2. The Morgan fingerprint density at radius 2 is 0.914 bits per heavy atom. The molecular formula is C44H42N4O10. The van der Waals surface area contributed by atoms with Crippen molar-refractivity contribution in [3.63, 3.8) is 0 Å². The van der Waals surface area contributed by atoms with Gasteiger partial charge in [0.15, 0.2) is 11.5 Å². The predicted octanol–water partition coefficient (Wildman–Crippen LogP) is 8.74. The van der Waals surface area contributed by atoms with E-state index in [4.69, 9.17) is 20.9 Å². The Balaban J connectivity index is 1.52. The number of rotatable bonds is 7. The number of benzene rings is 4. The highest BCUT2D eigenvalue weighted by Crippen LogP contribution is 2.53. The fraction of sp³-hybridized carbons (Fsp3) is 0.182. The molecule has 4 aromatic rings. The van der Waals surface area contributed by atoms with E-state index >= 15 is 0 Å². The number of allylic oxidation sites excluding steroid dienone is 4. The van der Waals surface area contributed by atoms with Crippen LogP contribution in [0.2, 0.25) is 0 Å². The number of aliphatic hydroxyl groups excluding tert-OH is 2. The van der Waals surface area contributed by atoms with Crippen LogP contribution < -0.4 is 22.1 Å². The Morgan fingerprint density at radius 3 is 1.22 bits per heavy atom. The number of aryl methyl sites for hydroxylation is 2. The molecule has 0 fully saturated rings. The van der Waals surface area contributed by atoms with Crippen LogP contribution >= 0.6 is 0 Å². The summed E-state index contributed by atoms with van der Waals surface area (Å²) < 4.78 is 10.6. The smallest absolute Gasteiger partial charge is 0.416 e. The first-order valence-corrected chi connectivity index (χ1v) is 18.2. The lowest BCUT2D eigenvalue weighted by molar-refractivity contribution is -0.113. The van der Waals surface area contributed by atoms with E-state index in [1.54, 1.807) is 102 Å². The van der Waals surface area contributed by atoms with E-state index < -0.39 is 58.6 Å². The molecular weight excluding hydrogens is 745 g/mol. The van der Waals surface area contributed by atoms with Gasteiger partial charge in [0.25, 0.3) is 0 Å². The van der Waals surface area contributed by atoms with Crippen molar-refractivity contribution in [2.24, 2.45) is 11.8 Å². The van der Waals surface area contributed by atoms with Gasteiger partial charge in [0.05, 0.1) is 11.1 Å². The number of Topliss-reactive ketones (excluding diaryl/α,β-unsaturated/α-hetero) is 2. The normalized spacial score (nSPS) is 15.2. The Morgan fingerprint density at radius 1 is 0.586 bits per heavy atom. The summed E-state index contributed by atoms with van der Waals surface area (Å²) in [5.41, 5.74) is 14.1. The molecule has 14 nitrogen and oxygen atoms in total. The van der Waals surface area contributed by atoms with E-state index in [0.29, 0.717) is 33.9 Å². The van der Waals surface area contributed by atoms with Crippen molar-refractivity contribution in [1.82, 2.24) is 0 Å². The molecule has 6 rings (SSSR count). The first kappa shape index (κ1) is 40.2. The van der Waals surface area contributed by atoms with E-state index in [0.717, 1.165) is 12.5 Å². The van der Waals surface area contributed by atoms with E-state index in [2.05, 4.69) is 10.6 Å². The van der Waals surface area contributed by atoms with Crippen molar-refractivity contribution in [2.75, 3.05) is 22.1 Å². The average molecular weight is 787 g/mol. The van der Waals surface area contributed by atoms with Crippen LogP contribution in [0.3, 0.4) is 0 Å². The summed E-state index contributed by atoms with van der Waals surface area (Å²) >= 11 is 0. The fourth-order valence-corrected chi connectivity index (χ4v) is 7.23. The van der Waals surface area contributed by atoms with Crippen LogP contribution in [0.4, 0.5) is 32.3 Å². The molecule has 0 bridgehead atoms. The van der Waals surface area contributed by atoms with Crippen LogP contribution in [0.15, 0.2) is 84.7 Å². The summed E-state index contributed by atoms with van der Waals surface area (Å²) in [6.07, 6.45) is -0.307. The average Bonchev–Trinajstić information content (AvgIpc) is 3.15. The number of nitrogens with two attached hydrogens (primary N) is 2. The number of carbonyl (C=O) groups excluding carboxylic acids is 4. The number of phenolic OH excluding ortho intramolecular Hbond substituents is 2. The predicted molar refractivity (Wildman–Crippen MR) is 221 cm³/mol. The van der Waals surface area contributed by atoms with Crippen LogP contribution in [0.1, 0.15) is 61.1 Å². The van der Waals surface area contributed by atoms with Gasteiger partial charge in [-0.2, -0.15) is 0 Å². The van der Waals surface area contributed by atoms with Gasteiger partial charge in [-0.1, -0.05) is 39.8 Å². The molecule has 298 valence electrons. The van der Waals surface area contributed by atoms with Gasteiger partial charge in [0.1, 0.15) is 24.0 Å². The molecule has 0 spiro atoms. The number of aliphatic hydroxyl groups is 2. The number of nitrogen functional groups attached to an aromatic ring is 2. The monoisotopic (exact) mass is 786 g/mol. The van der Waals surface area contributed by atoms with Crippen LogP contribution in [-0.2, 0) is 19.1 Å². The van der Waals surface area contributed by atoms with Crippen molar-refractivity contribution in [1.29, 1.82) is 0 Å². The molecule has 10 N–H and O–H groups in total. The third kappa shape index (κ3) is 7.30. The lowest BCUT2D eigenvalue weighted by Gasteiger charge is -2.29. The Bertz CT molecular complexity index is 2370. The summed E-state index contributed by atoms with van der Waals surface area (Å²) in [5.74, 6) is -4.89. The molecule has 14 heteroatoms. The quantitative estimate of drug-likeness (QED) is 0.0498. The van der Waals surface area contributed by atoms with Crippen LogP contribution in [0.5, 0.6) is 11.5 Å². The van der Waals surface area contributed by atoms with Crippen LogP contribution in [0.25, 0.3) is 33.4 Å². The van der Waals surface area contributed by atoms with Gasteiger partial charge in [0.2, 0.25) is 11.6 Å². The minimum Gasteiger partial charge on any atom is -0.507 e. The van der Waals surface area contributed by atoms with Gasteiger partial charge in [-0.25, -0.2) is 9.59 Å². The number of nitrogens with one attached hydrogen (secondary N) is 2. The van der Waals surface area contributed by atoms with Crippen molar-refractivity contribution in [3.05, 3.63) is 118 Å². The molecule has 58 heavy (non-hydrogen) atoms. The van der Waals surface area contributed by atoms with E-state index in [1.165, 1.54) is 0 Å². The number of aromatic hydroxyl groups is 2. The Labute approximate surface area is 333 Å². The number of carbonyl (C=O) groups is 4. The van der Waals surface area contributed by atoms with Gasteiger partial charge < -0.3 is 41.4 Å². The van der Waals surface area contributed by atoms with Gasteiger partial charge >= 0.3 is 12.2 Å². The lowest BCUT2D eigenvalue weighted by atomic mass is 9.75. The zero-order valence-corrected chi connectivity index (χ0v) is 32.5. The SMILES string of the molecule is Cc1cc2c(c(O)c1-c1c(C)cc3c(c1O)/C(=C/OC(=O)Nc1ccc(N)cc1)C(=O)C(O)=C3C(C)C)/C(=C/OC(=O)Nc1ccc(N)cc1)C(=O)C(O)=C2C(C)C. The van der Waals surface area contributed by atoms with Crippen molar-refractivity contribution < 1.29 is 49.1 Å². The lowest BCUT2D eigenvalue weighted by Crippen LogP contribution is -2.20. The summed E-state index contributed by atoms with van der Waals surface area (Å²) in [7, 11) is 0. The topological polar surface area (TPSA) is 244 Å². The maximum Gasteiger partial charge on any atom is 0.416 e. The number of hydrogen-bond donors (Lipinski definition) is 8. The summed E-state index contributed by atoms with van der Waals surface area (Å²) in [4.78, 5) is 53.3. The van der Waals surface area contributed by atoms with Crippen molar-refractivity contribution in [2.45, 2.75) is 41.5 Å². The number of phenols is 2. The van der Waals surface area contributed by atoms with Crippen molar-refractivity contribution in [3.8, 4) is 22.6 Å². The number of ether oxygens (including phenoxy) is 2. The van der Waals surface area contributed by atoms with Gasteiger partial charge in [0, 0.05) is 56.1 Å². The highest BCUT2D eigenvalue weighted by Gasteiger charge is 2.39. The zero-order valence-electron chi connectivity index (χ0n) is 32.5. The molecule has 2 amide bonds. The number of amides is 2. The first-order valence-electron chi connectivity index (χ1n) is 18.2. The highest BCUT2D eigenvalue weighted by molar-refractivity contribution is 6.35. The third-order valence-electron chi connectivity index (χ3n) is 9.83. The Hall–Kier alpha value is -7.48. The van der Waals surface area contributed by atoms with E-state index in [9.17, 15) is 39.6 Å². The molecule has 0 aliphatic heterocycles. The van der Waals surface area contributed by atoms with Gasteiger partial charge in [-0.3, -0.25) is 20.2 Å². The Kier molecular flexibility index (Phi) is 10.8. The molecule has 0 unspecified atom stereocenters. The maximum absolute atomic E-state index is 13.8. The number of hydrogen-bond acceptors (Lipinski definition) is 12. The molecule has 0 saturated heterocycles. The molecule has 4 aromatic carbocycles. The van der Waals surface area contributed by atoms with Crippen LogP contribution in [-0.4, -0.2) is 44.2 Å². The second-order valence-electron chi connectivity index (χ2n) is 14.5. The molecule has 0 saturated carbocycles. The second kappa shape index (κ2) is 15.6. The van der Waals surface area contributed by atoms with Gasteiger partial charge in [-0.15, -0.1) is 0 Å². The second-order valence-corrected chi connectivity index (χ2v) is 14.5. The molecule has 2 aliphatic rings. The van der Waals surface area contributed by atoms with E-state index in [1.807, 2.05) is 0 Å². The maximum atomic E-state index is 13.8. The number of fused-ring (bicyclic) bond motifs is 2. The molecule has 0 radical (unpaired) electrons. The zero-order chi connectivity index (χ0) is 42.3. The van der Waals surface area contributed by atoms with E-state index in [-0.39, 0.29) is 55.7 Å². The highest BCUT2D eigenvalue weighted by atomic mass is 16.5. The van der Waals surface area contributed by atoms with Gasteiger partial charge in [-0.05, 0) is 96.5 Å². The molecule has 0 heterocycles. The fourth-order valence-electron chi connectivity index (χ4n) is 7.23. The largest absolute Gasteiger partial charge is 0.507 e. The minimum absolute atomic E-state index is 0.0461. The summed E-state index contributed by atoms with van der Waals surface area (Å²) in [6, 6.07) is 15.7. The molecule has 0 atom stereocenters. The molecule has 2 aliphatic carbocycles. The standard InChI is InChI=1S/C44H42N4O10/c1-19(2)31-27-15-21(5)33(39(51)35(27)29(37(49)41(31)53)17-57-43(55)47-25-11-7-23(45)8-12-25)34-22(6)16-28-32(20(3)4)42(54)38(50)30(36(28)40(34)52)18-58-44(56)48-26-13-9-24(46)10-14-26/h7-20,51-54H,45-46H2,1-6H3,(H,47,55)(H,48,56)/b29-17-,30-18-. The minimum atomic E-state index is -0.981.